The van der Waals surface area contributed by atoms with E-state index < -0.39 is 0 Å². The predicted octanol–water partition coefficient (Wildman–Crippen LogP) is 2.70. The molecule has 0 fully saturated rings. The average molecular weight is 268 g/mol. The molecule has 102 valence electrons. The van der Waals surface area contributed by atoms with Gasteiger partial charge in [-0.05, 0) is 25.1 Å². The third kappa shape index (κ3) is 2.98. The number of hydrogen-bond donors (Lipinski definition) is 1. The molecule has 2 N–H and O–H groups in total. The van der Waals surface area contributed by atoms with Crippen LogP contribution in [0.2, 0.25) is 0 Å². The summed E-state index contributed by atoms with van der Waals surface area (Å²) in [7, 11) is 3.88. The van der Waals surface area contributed by atoms with Crippen LogP contribution in [-0.2, 0) is 0 Å². The highest BCUT2D eigenvalue weighted by atomic mass is 16.5. The number of pyridine rings is 1. The van der Waals surface area contributed by atoms with Crippen LogP contribution in [0.4, 0.5) is 11.4 Å². The molecule has 2 rings (SSSR count). The number of aromatic nitrogens is 1. The van der Waals surface area contributed by atoms with Gasteiger partial charge in [0.15, 0.2) is 5.75 Å². The van der Waals surface area contributed by atoms with E-state index >= 15 is 0 Å². The van der Waals surface area contributed by atoms with Gasteiger partial charge in [-0.1, -0.05) is 0 Å². The number of nitrogens with two attached hydrogens (primary N) is 1. The smallest absolute Gasteiger partial charge is 0.220 e. The van der Waals surface area contributed by atoms with Crippen LogP contribution < -0.4 is 15.4 Å². The van der Waals surface area contributed by atoms with Crippen LogP contribution in [-0.4, -0.2) is 19.1 Å². The molecular weight excluding hydrogens is 252 g/mol. The van der Waals surface area contributed by atoms with Gasteiger partial charge in [0.1, 0.15) is 0 Å². The first-order valence-corrected chi connectivity index (χ1v) is 6.13. The summed E-state index contributed by atoms with van der Waals surface area (Å²) in [5.41, 5.74) is 8.64. The Bertz CT molecular complexity index is 674. The number of ether oxygens (including phenoxy) is 1. The lowest BCUT2D eigenvalue weighted by atomic mass is 10.2. The number of anilines is 2. The first kappa shape index (κ1) is 13.7. The summed E-state index contributed by atoms with van der Waals surface area (Å²) in [6, 6.07) is 10.9. The molecule has 0 aliphatic carbocycles. The van der Waals surface area contributed by atoms with Gasteiger partial charge in [0.25, 0.3) is 0 Å². The van der Waals surface area contributed by atoms with E-state index in [2.05, 4.69) is 11.1 Å². The second-order valence-corrected chi connectivity index (χ2v) is 4.67. The van der Waals surface area contributed by atoms with E-state index in [1.165, 1.54) is 0 Å². The topological polar surface area (TPSA) is 75.2 Å². The van der Waals surface area contributed by atoms with Crippen molar-refractivity contribution in [1.82, 2.24) is 4.98 Å². The molecular formula is C15H16N4O. The Morgan fingerprint density at radius 2 is 2.00 bits per heavy atom. The normalized spacial score (nSPS) is 9.90. The third-order valence-corrected chi connectivity index (χ3v) is 2.79. The van der Waals surface area contributed by atoms with E-state index in [4.69, 9.17) is 15.7 Å². The van der Waals surface area contributed by atoms with Gasteiger partial charge < -0.3 is 15.4 Å². The van der Waals surface area contributed by atoms with E-state index in [-0.39, 0.29) is 0 Å². The van der Waals surface area contributed by atoms with Crippen LogP contribution in [0.1, 0.15) is 11.3 Å². The highest BCUT2D eigenvalue weighted by molar-refractivity contribution is 5.62. The van der Waals surface area contributed by atoms with Gasteiger partial charge in [-0.15, -0.1) is 0 Å². The first-order valence-electron chi connectivity index (χ1n) is 6.13. The van der Waals surface area contributed by atoms with Crippen LogP contribution in [0.25, 0.3) is 0 Å². The fourth-order valence-corrected chi connectivity index (χ4v) is 1.76. The molecule has 1 aromatic carbocycles. The van der Waals surface area contributed by atoms with Crippen molar-refractivity contribution >= 4 is 11.4 Å². The zero-order valence-electron chi connectivity index (χ0n) is 11.7. The SMILES string of the molecule is Cc1cc(C#N)cc(Oc2cc(N(C)C)ccc2N)n1. The van der Waals surface area contributed by atoms with Gasteiger partial charge in [0.2, 0.25) is 5.88 Å². The summed E-state index contributed by atoms with van der Waals surface area (Å²) < 4.78 is 5.71. The van der Waals surface area contributed by atoms with E-state index in [0.717, 1.165) is 11.4 Å². The zero-order valence-corrected chi connectivity index (χ0v) is 11.7. The van der Waals surface area contributed by atoms with Gasteiger partial charge in [0.05, 0.1) is 17.3 Å². The first-order chi connectivity index (χ1) is 9.49. The minimum absolute atomic E-state index is 0.365. The quantitative estimate of drug-likeness (QED) is 0.866. The molecule has 0 saturated carbocycles. The molecule has 0 spiro atoms. The van der Waals surface area contributed by atoms with Gasteiger partial charge in [-0.25, -0.2) is 4.98 Å². The Hall–Kier alpha value is -2.74. The Labute approximate surface area is 118 Å². The molecule has 0 amide bonds. The van der Waals surface area contributed by atoms with Gasteiger partial charge in [-0.2, -0.15) is 5.26 Å². The van der Waals surface area contributed by atoms with Gasteiger partial charge in [-0.3, -0.25) is 0 Å². The van der Waals surface area contributed by atoms with E-state index in [1.807, 2.05) is 38.1 Å². The second-order valence-electron chi connectivity index (χ2n) is 4.67. The molecule has 0 radical (unpaired) electrons. The fraction of sp³-hybridized carbons (Fsp3) is 0.200. The van der Waals surface area contributed by atoms with Crippen molar-refractivity contribution < 1.29 is 4.74 Å². The molecule has 0 bridgehead atoms. The number of aryl methyl sites for hydroxylation is 1. The van der Waals surface area contributed by atoms with Crippen LogP contribution in [0.15, 0.2) is 30.3 Å². The molecule has 0 saturated heterocycles. The Morgan fingerprint density at radius 1 is 1.25 bits per heavy atom. The maximum Gasteiger partial charge on any atom is 0.220 e. The van der Waals surface area contributed by atoms with E-state index in [0.29, 0.717) is 22.9 Å². The summed E-state index contributed by atoms with van der Waals surface area (Å²) in [4.78, 5) is 6.21. The lowest BCUT2D eigenvalue weighted by Crippen LogP contribution is -2.08. The summed E-state index contributed by atoms with van der Waals surface area (Å²) in [6.07, 6.45) is 0. The number of nitrogen functional groups attached to an aromatic ring is 1. The molecule has 1 heterocycles. The van der Waals surface area contributed by atoms with Gasteiger partial charge >= 0.3 is 0 Å². The lowest BCUT2D eigenvalue weighted by molar-refractivity contribution is 0.464. The van der Waals surface area contributed by atoms with Crippen LogP contribution in [0.3, 0.4) is 0 Å². The van der Waals surface area contributed by atoms with Crippen LogP contribution in [0, 0.1) is 18.3 Å². The number of hydrogen-bond acceptors (Lipinski definition) is 5. The number of rotatable bonds is 3. The summed E-state index contributed by atoms with van der Waals surface area (Å²) in [5.74, 6) is 0.891. The van der Waals surface area contributed by atoms with Crippen molar-refractivity contribution in [2.24, 2.45) is 0 Å². The monoisotopic (exact) mass is 268 g/mol. The summed E-state index contributed by atoms with van der Waals surface area (Å²) in [5, 5.41) is 8.96. The molecule has 0 atom stereocenters. The maximum absolute atomic E-state index is 8.96. The minimum Gasteiger partial charge on any atom is -0.437 e. The van der Waals surface area contributed by atoms with Crippen molar-refractivity contribution in [3.63, 3.8) is 0 Å². The number of nitriles is 1. The van der Waals surface area contributed by atoms with Crippen molar-refractivity contribution in [3.05, 3.63) is 41.6 Å². The second kappa shape index (κ2) is 5.49. The highest BCUT2D eigenvalue weighted by Crippen LogP contribution is 2.30. The van der Waals surface area contributed by atoms with Crippen molar-refractivity contribution in [2.75, 3.05) is 24.7 Å². The largest absolute Gasteiger partial charge is 0.437 e. The Balaban J connectivity index is 2.37. The molecule has 5 heteroatoms. The number of benzene rings is 1. The van der Waals surface area contributed by atoms with E-state index in [1.54, 1.807) is 18.2 Å². The summed E-state index contributed by atoms with van der Waals surface area (Å²) in [6.45, 7) is 1.81. The van der Waals surface area contributed by atoms with Gasteiger partial charge in [0, 0.05) is 37.6 Å². The van der Waals surface area contributed by atoms with E-state index in [9.17, 15) is 0 Å². The minimum atomic E-state index is 0.365. The average Bonchev–Trinajstić information content (AvgIpc) is 2.40. The predicted molar refractivity (Wildman–Crippen MR) is 78.9 cm³/mol. The van der Waals surface area contributed by atoms with Crippen LogP contribution >= 0.6 is 0 Å². The Morgan fingerprint density at radius 3 is 2.65 bits per heavy atom. The van der Waals surface area contributed by atoms with Crippen molar-refractivity contribution in [1.29, 1.82) is 5.26 Å². The molecule has 5 nitrogen and oxygen atoms in total. The third-order valence-electron chi connectivity index (χ3n) is 2.79. The fourth-order valence-electron chi connectivity index (χ4n) is 1.76. The lowest BCUT2D eigenvalue weighted by Gasteiger charge is -2.15. The molecule has 2 aromatic rings. The number of nitrogens with zero attached hydrogens (tertiary/aromatic N) is 3. The highest BCUT2D eigenvalue weighted by Gasteiger charge is 2.07. The molecule has 0 unspecified atom stereocenters. The van der Waals surface area contributed by atoms with Crippen molar-refractivity contribution in [2.45, 2.75) is 6.92 Å². The summed E-state index contributed by atoms with van der Waals surface area (Å²) >= 11 is 0. The molecule has 20 heavy (non-hydrogen) atoms. The Kier molecular flexibility index (Phi) is 3.76. The molecule has 0 aliphatic rings. The van der Waals surface area contributed by atoms with Crippen LogP contribution in [0.5, 0.6) is 11.6 Å². The zero-order chi connectivity index (χ0) is 14.7. The maximum atomic E-state index is 8.96. The molecule has 0 aliphatic heterocycles. The standard InChI is InChI=1S/C15H16N4O/c1-10-6-11(9-16)7-15(18-10)20-14-8-12(19(2)3)4-5-13(14)17/h4-8H,17H2,1-3H3. The molecule has 1 aromatic heterocycles. The van der Waals surface area contributed by atoms with Crippen molar-refractivity contribution in [3.8, 4) is 17.7 Å².